The predicted octanol–water partition coefficient (Wildman–Crippen LogP) is -1.27. The van der Waals surface area contributed by atoms with E-state index in [-0.39, 0.29) is 161 Å². The molecule has 0 spiro atoms. The second kappa shape index (κ2) is 27.5. The van der Waals surface area contributed by atoms with Crippen LogP contribution < -0.4 is 113 Å². The number of fused-ring (bicyclic) bond motifs is 1. The number of carbonyl (C=O) groups excluding carboxylic acids is 3. The number of aliphatic hydroxyl groups excluding tert-OH is 3. The maximum Gasteiger partial charge on any atom is 1.00 e. The summed E-state index contributed by atoms with van der Waals surface area (Å²) in [7, 11) is 0. The molecule has 0 fully saturated rings. The van der Waals surface area contributed by atoms with Crippen molar-refractivity contribution in [1.82, 2.24) is 14.5 Å². The molecule has 0 saturated carbocycles. The van der Waals surface area contributed by atoms with Gasteiger partial charge in [0.1, 0.15) is 22.5 Å². The maximum atomic E-state index is 14.0. The SMILES string of the molecule is CCOC(=O)C(C=N[C@H](CO)C(C)(C)C)=C(O)c1cc(I)c(F)nc1F.CCOC(=O)c1cn([C@H](CO)C(C)(C)C)c2nc(F)c(I)cc2c1=O.O=CO[O-].[H-].[K+].[K+]. The monoisotopic (exact) mass is 1080 g/mol. The maximum absolute atomic E-state index is 14.0. The van der Waals surface area contributed by atoms with E-state index in [9.17, 15) is 42.9 Å². The first-order chi connectivity index (χ1) is 25.5. The number of aliphatic hydroxyl groups is 3. The molecule has 0 aliphatic carbocycles. The molecule has 0 amide bonds. The minimum Gasteiger partial charge on any atom is -1.00 e. The Labute approximate surface area is 441 Å². The van der Waals surface area contributed by atoms with E-state index in [1.165, 1.54) is 16.8 Å². The van der Waals surface area contributed by atoms with Crippen molar-refractivity contribution in [3.8, 4) is 0 Å². The molecule has 0 radical (unpaired) electrons. The summed E-state index contributed by atoms with van der Waals surface area (Å²) in [5.74, 6) is -5.48. The minimum atomic E-state index is -1.27. The van der Waals surface area contributed by atoms with Gasteiger partial charge in [0.05, 0.1) is 56.6 Å². The molecule has 3 aromatic rings. The molecule has 0 bridgehead atoms. The van der Waals surface area contributed by atoms with Crippen molar-refractivity contribution in [2.75, 3.05) is 26.4 Å². The van der Waals surface area contributed by atoms with Gasteiger partial charge in [-0.15, -0.1) is 0 Å². The average Bonchev–Trinajstić information content (AvgIpc) is 3.09. The molecule has 3 heterocycles. The van der Waals surface area contributed by atoms with Crippen molar-refractivity contribution in [3.05, 3.63) is 70.2 Å². The predicted molar refractivity (Wildman–Crippen MR) is 210 cm³/mol. The van der Waals surface area contributed by atoms with Crippen molar-refractivity contribution in [1.29, 1.82) is 0 Å². The standard InChI is InChI=1S/C17H21F2IN2O4.C17H20FIN2O4.CH2O3.2K.H/c1-5-26-16(25)10(7-21-12(8-23)17(2,3)4)13(24)9-6-11(20)15(19)22-14(9)18;1-5-25-16(24)10-7-21(12(8-22)17(2,3)4)15-9(13(10)23)6-11(19)14(18)20-15;2-1-4-3;;;/h6-7,12,23-24H,5,8H2,1-4H3;6-7,12,22H,5,8H2,1-4H3;1,3H;;;/q;;;2*+1;-1/p-1/t2*12-;;;;/m11..../s1. The number of nitrogens with zero attached hydrogens (tertiary/aromatic N) is 4. The second-order valence-corrected chi connectivity index (χ2v) is 15.6. The summed E-state index contributed by atoms with van der Waals surface area (Å²) in [6, 6.07) is 1.29. The Morgan fingerprint density at radius 1 is 0.930 bits per heavy atom. The molecule has 3 rings (SSSR count). The smallest absolute Gasteiger partial charge is 1.00 e. The largest absolute Gasteiger partial charge is 1.00 e. The van der Waals surface area contributed by atoms with Gasteiger partial charge in [-0.05, 0) is 82.0 Å². The molecule has 22 heteroatoms. The first-order valence-corrected chi connectivity index (χ1v) is 18.4. The number of aliphatic imine (C=N–C) groups is 1. The van der Waals surface area contributed by atoms with Crippen LogP contribution in [0.5, 0.6) is 0 Å². The number of rotatable bonds is 11. The van der Waals surface area contributed by atoms with Crippen LogP contribution in [0.4, 0.5) is 13.2 Å². The third-order valence-electron chi connectivity index (χ3n) is 7.41. The molecule has 0 saturated heterocycles. The summed E-state index contributed by atoms with van der Waals surface area (Å²) >= 11 is 3.32. The number of pyridine rings is 3. The van der Waals surface area contributed by atoms with Gasteiger partial charge in [-0.3, -0.25) is 14.6 Å². The van der Waals surface area contributed by atoms with Crippen LogP contribution in [-0.2, 0) is 24.0 Å². The van der Waals surface area contributed by atoms with Gasteiger partial charge < -0.3 is 40.9 Å². The molecule has 0 aromatic carbocycles. The van der Waals surface area contributed by atoms with Crippen molar-refractivity contribution in [3.63, 3.8) is 0 Å². The quantitative estimate of drug-likeness (QED) is 0.0195. The molecule has 0 aliphatic rings. The number of aromatic nitrogens is 3. The van der Waals surface area contributed by atoms with Gasteiger partial charge in [-0.25, -0.2) is 14.6 Å². The molecule has 3 aromatic heterocycles. The molecule has 3 N–H and O–H groups in total. The van der Waals surface area contributed by atoms with Crippen molar-refractivity contribution < 1.29 is 167 Å². The van der Waals surface area contributed by atoms with Crippen LogP contribution in [-0.4, -0.2) is 86.9 Å². The van der Waals surface area contributed by atoms with E-state index in [0.29, 0.717) is 0 Å². The normalized spacial score (nSPS) is 12.6. The number of carbonyl (C=O) groups is 3. The van der Waals surface area contributed by atoms with Crippen molar-refractivity contribution in [2.24, 2.45) is 15.8 Å². The first kappa shape index (κ1) is 58.6. The van der Waals surface area contributed by atoms with E-state index in [1.807, 2.05) is 41.5 Å². The van der Waals surface area contributed by atoms with Crippen LogP contribution in [0.2, 0.25) is 0 Å². The summed E-state index contributed by atoms with van der Waals surface area (Å²) in [5.41, 5.74) is -2.37. The Morgan fingerprint density at radius 2 is 1.46 bits per heavy atom. The Kier molecular flexibility index (Phi) is 28.3. The van der Waals surface area contributed by atoms with E-state index in [0.717, 1.165) is 12.3 Å². The molecule has 57 heavy (non-hydrogen) atoms. The van der Waals surface area contributed by atoms with E-state index in [2.05, 4.69) is 19.8 Å². The van der Waals surface area contributed by atoms with Gasteiger partial charge in [0.2, 0.25) is 23.3 Å². The van der Waals surface area contributed by atoms with Crippen LogP contribution in [0, 0.1) is 35.8 Å². The Morgan fingerprint density at radius 3 is 1.91 bits per heavy atom. The van der Waals surface area contributed by atoms with Gasteiger partial charge in [0, 0.05) is 12.4 Å². The summed E-state index contributed by atoms with van der Waals surface area (Å²) in [5, 5.41) is 38.2. The third kappa shape index (κ3) is 17.4. The topological polar surface area (TPSA) is 223 Å². The number of hydrogen-bond acceptors (Lipinski definition) is 14. The Balaban J connectivity index is -0.000000911. The summed E-state index contributed by atoms with van der Waals surface area (Å²) in [4.78, 5) is 59.3. The zero-order valence-electron chi connectivity index (χ0n) is 34.2. The fourth-order valence-electron chi connectivity index (χ4n) is 4.48. The van der Waals surface area contributed by atoms with E-state index < -0.39 is 75.0 Å². The van der Waals surface area contributed by atoms with Gasteiger partial charge in [0.25, 0.3) is 6.47 Å². The number of ether oxygens (including phenoxy) is 2. The van der Waals surface area contributed by atoms with Crippen molar-refractivity contribution in [2.45, 2.75) is 67.5 Å². The van der Waals surface area contributed by atoms with Crippen LogP contribution >= 0.6 is 45.2 Å². The average molecular weight is 1080 g/mol. The van der Waals surface area contributed by atoms with Crippen LogP contribution in [0.15, 0.2) is 33.7 Å². The van der Waals surface area contributed by atoms with Crippen LogP contribution in [0.1, 0.15) is 78.8 Å². The van der Waals surface area contributed by atoms with E-state index in [4.69, 9.17) is 19.5 Å². The number of halogens is 5. The zero-order chi connectivity index (χ0) is 42.4. The first-order valence-electron chi connectivity index (χ1n) is 16.2. The molecular formula is C35H43F3I2K2N4O11. The molecular weight excluding hydrogens is 1040 g/mol. The number of esters is 2. The molecule has 0 unspecified atom stereocenters. The molecule has 15 nitrogen and oxygen atoms in total. The summed E-state index contributed by atoms with van der Waals surface area (Å²) in [6.45, 7) is 13.8. The Bertz CT molecular complexity index is 1970. The fraction of sp³-hybridized carbons (Fsp3) is 0.457. The van der Waals surface area contributed by atoms with Gasteiger partial charge in [-0.2, -0.15) is 18.2 Å². The van der Waals surface area contributed by atoms with Gasteiger partial charge >= 0.3 is 115 Å². The third-order valence-corrected chi connectivity index (χ3v) is 8.92. The van der Waals surface area contributed by atoms with E-state index in [1.54, 1.807) is 59.0 Å². The Hall–Kier alpha value is -0.467. The van der Waals surface area contributed by atoms with Crippen molar-refractivity contribution >= 4 is 86.6 Å². The number of hydrogen-bond donors (Lipinski definition) is 3. The molecule has 0 aliphatic heterocycles. The molecule has 306 valence electrons. The fourth-order valence-corrected chi connectivity index (χ4v) is 5.35. The van der Waals surface area contributed by atoms with Gasteiger partial charge in [-0.1, -0.05) is 41.5 Å². The van der Waals surface area contributed by atoms with Crippen LogP contribution in [0.25, 0.3) is 16.8 Å². The minimum absolute atomic E-state index is 0. The van der Waals surface area contributed by atoms with E-state index >= 15 is 0 Å². The zero-order valence-corrected chi connectivity index (χ0v) is 43.7. The summed E-state index contributed by atoms with van der Waals surface area (Å²) < 4.78 is 52.8. The molecule has 2 atom stereocenters. The summed E-state index contributed by atoms with van der Waals surface area (Å²) in [6.07, 6.45) is 2.32. The van der Waals surface area contributed by atoms with Crippen LogP contribution in [0.3, 0.4) is 0 Å². The second-order valence-electron chi connectivity index (χ2n) is 13.3. The van der Waals surface area contributed by atoms with Gasteiger partial charge in [0.15, 0.2) is 0 Å².